The molecule has 3 saturated heterocycles. The zero-order valence-corrected chi connectivity index (χ0v) is 27.3. The molecule has 0 bridgehead atoms. The summed E-state index contributed by atoms with van der Waals surface area (Å²) in [5.41, 5.74) is 0.807. The molecule has 3 aliphatic rings. The molecule has 0 saturated carbocycles. The molecule has 1 spiro atoms. The third kappa shape index (κ3) is 5.63. The lowest BCUT2D eigenvalue weighted by atomic mass is 9.78. The number of amides is 2. The number of hydrogen-bond acceptors (Lipinski definition) is 9. The van der Waals surface area contributed by atoms with Crippen molar-refractivity contribution in [3.8, 4) is 0 Å². The summed E-state index contributed by atoms with van der Waals surface area (Å²) < 4.78 is 8.57. The van der Waals surface area contributed by atoms with E-state index in [0.717, 1.165) is 68.5 Å². The molecule has 45 heavy (non-hydrogen) atoms. The zero-order chi connectivity index (χ0) is 31.5. The number of benzene rings is 1. The molecule has 11 nitrogen and oxygen atoms in total. The summed E-state index contributed by atoms with van der Waals surface area (Å²) in [5.74, 6) is 0.245. The molecule has 2 amide bonds. The average Bonchev–Trinajstić information content (AvgIpc) is 3.60. The Balaban J connectivity index is 1.18. The van der Waals surface area contributed by atoms with Gasteiger partial charge in [-0.3, -0.25) is 14.0 Å². The van der Waals surface area contributed by atoms with Gasteiger partial charge in [-0.1, -0.05) is 12.1 Å². The fourth-order valence-electron chi connectivity index (χ4n) is 7.06. The number of aromatic nitrogens is 3. The summed E-state index contributed by atoms with van der Waals surface area (Å²) in [4.78, 5) is 56.9. The predicted molar refractivity (Wildman–Crippen MR) is 176 cm³/mol. The number of pyridine rings is 1. The Morgan fingerprint density at radius 2 is 1.76 bits per heavy atom. The number of ether oxygens (including phenoxy) is 1. The molecule has 6 heterocycles. The molecular formula is C33H41N7O4S. The van der Waals surface area contributed by atoms with Crippen LogP contribution in [-0.4, -0.2) is 94.1 Å². The number of likely N-dealkylation sites (tertiary alicyclic amines) is 2. The van der Waals surface area contributed by atoms with E-state index in [4.69, 9.17) is 9.72 Å². The van der Waals surface area contributed by atoms with Gasteiger partial charge >= 0.3 is 6.09 Å². The van der Waals surface area contributed by atoms with Crippen LogP contribution < -0.4 is 15.6 Å². The normalized spacial score (nSPS) is 19.6. The lowest BCUT2D eigenvalue weighted by molar-refractivity contribution is 0.0266. The Kier molecular flexibility index (Phi) is 7.47. The van der Waals surface area contributed by atoms with E-state index in [1.54, 1.807) is 6.20 Å². The second-order valence-corrected chi connectivity index (χ2v) is 15.0. The first kappa shape index (κ1) is 29.9. The predicted octanol–water partition coefficient (Wildman–Crippen LogP) is 4.51. The van der Waals surface area contributed by atoms with E-state index in [9.17, 15) is 14.4 Å². The maximum Gasteiger partial charge on any atom is 0.410 e. The first-order chi connectivity index (χ1) is 21.5. The van der Waals surface area contributed by atoms with Crippen LogP contribution in [0.2, 0.25) is 0 Å². The molecule has 0 atom stereocenters. The summed E-state index contributed by atoms with van der Waals surface area (Å²) in [5, 5.41) is 3.49. The van der Waals surface area contributed by atoms with Crippen molar-refractivity contribution >= 4 is 55.4 Å². The van der Waals surface area contributed by atoms with Crippen molar-refractivity contribution in [2.24, 2.45) is 5.41 Å². The minimum Gasteiger partial charge on any atom is -0.444 e. The quantitative estimate of drug-likeness (QED) is 0.352. The van der Waals surface area contributed by atoms with E-state index in [0.29, 0.717) is 34.9 Å². The Morgan fingerprint density at radius 1 is 1.04 bits per heavy atom. The Bertz CT molecular complexity index is 1850. The number of carbonyl (C=O) groups excluding carboxylic acids is 2. The van der Waals surface area contributed by atoms with E-state index >= 15 is 0 Å². The van der Waals surface area contributed by atoms with Crippen LogP contribution in [0.4, 0.5) is 10.7 Å². The largest absolute Gasteiger partial charge is 0.444 e. The van der Waals surface area contributed by atoms with Gasteiger partial charge in [0.25, 0.3) is 5.91 Å². The third-order valence-electron chi connectivity index (χ3n) is 9.65. The van der Waals surface area contributed by atoms with Crippen molar-refractivity contribution in [1.29, 1.82) is 0 Å². The molecule has 7 rings (SSSR count). The highest BCUT2D eigenvalue weighted by atomic mass is 32.1. The summed E-state index contributed by atoms with van der Waals surface area (Å²) in [6, 6.07) is 7.98. The van der Waals surface area contributed by atoms with Crippen molar-refractivity contribution < 1.29 is 14.3 Å². The number of fused-ring (bicyclic) bond motifs is 5. The Hall–Kier alpha value is -3.77. The second-order valence-electron chi connectivity index (χ2n) is 14.0. The van der Waals surface area contributed by atoms with Gasteiger partial charge in [-0.15, -0.1) is 11.3 Å². The SMILES string of the molecule is CN1CCC(NC(=O)c2c(=O)c3cnc(N4CCC5(CCN(C(=O)OC(C)(C)C)C5)CC4)nc3n3c2sc2ccccc23)CC1. The van der Waals surface area contributed by atoms with E-state index < -0.39 is 5.60 Å². The van der Waals surface area contributed by atoms with Crippen LogP contribution >= 0.6 is 11.3 Å². The molecule has 1 N–H and O–H groups in total. The fourth-order valence-corrected chi connectivity index (χ4v) is 8.24. The number of piperidine rings is 2. The summed E-state index contributed by atoms with van der Waals surface area (Å²) in [6.07, 6.45) is 5.86. The number of rotatable bonds is 3. The molecule has 1 aromatic carbocycles. The topological polar surface area (TPSA) is 112 Å². The standard InChI is InChI=1S/C33H41N7O4S/c1-32(2,3)44-31(43)39-18-13-33(20-39)11-16-38(17-12-33)30-34-19-22-26(41)25(28(42)35-21-9-14-37(4)15-10-21)29-40(27(22)36-30)23-7-5-6-8-24(23)45-29/h5-8,19,21H,9-18,20H2,1-4H3,(H,35,42). The number of thiazole rings is 1. The van der Waals surface area contributed by atoms with Crippen LogP contribution in [0.5, 0.6) is 0 Å². The van der Waals surface area contributed by atoms with Crippen molar-refractivity contribution in [3.63, 3.8) is 0 Å². The summed E-state index contributed by atoms with van der Waals surface area (Å²) >= 11 is 1.45. The van der Waals surface area contributed by atoms with Gasteiger partial charge in [-0.2, -0.15) is 4.98 Å². The molecule has 12 heteroatoms. The van der Waals surface area contributed by atoms with Crippen LogP contribution in [-0.2, 0) is 4.74 Å². The highest BCUT2D eigenvalue weighted by Crippen LogP contribution is 2.41. The molecule has 3 fully saturated rings. The van der Waals surface area contributed by atoms with Crippen LogP contribution in [0.1, 0.15) is 63.2 Å². The number of nitrogens with zero attached hydrogens (tertiary/aromatic N) is 6. The van der Waals surface area contributed by atoms with Crippen LogP contribution in [0.15, 0.2) is 35.3 Å². The Morgan fingerprint density at radius 3 is 2.49 bits per heavy atom. The summed E-state index contributed by atoms with van der Waals surface area (Å²) in [7, 11) is 2.08. The van der Waals surface area contributed by atoms with E-state index in [1.807, 2.05) is 54.3 Å². The molecule has 0 radical (unpaired) electrons. The van der Waals surface area contributed by atoms with Gasteiger partial charge in [0.05, 0.1) is 15.6 Å². The highest BCUT2D eigenvalue weighted by Gasteiger charge is 2.43. The summed E-state index contributed by atoms with van der Waals surface area (Å²) in [6.45, 7) is 10.4. The minimum absolute atomic E-state index is 0.0373. The van der Waals surface area contributed by atoms with E-state index in [-0.39, 0.29) is 34.4 Å². The van der Waals surface area contributed by atoms with Crippen molar-refractivity contribution in [2.45, 2.75) is 64.5 Å². The van der Waals surface area contributed by atoms with Gasteiger partial charge in [-0.25, -0.2) is 9.78 Å². The smallest absolute Gasteiger partial charge is 0.410 e. The minimum atomic E-state index is -0.512. The van der Waals surface area contributed by atoms with Gasteiger partial charge in [0.15, 0.2) is 5.65 Å². The molecule has 238 valence electrons. The van der Waals surface area contributed by atoms with Gasteiger partial charge in [0, 0.05) is 38.4 Å². The van der Waals surface area contributed by atoms with Crippen LogP contribution in [0.25, 0.3) is 26.1 Å². The molecule has 4 aromatic rings. The van der Waals surface area contributed by atoms with E-state index in [2.05, 4.69) is 27.1 Å². The number of hydrogen-bond donors (Lipinski definition) is 1. The first-order valence-electron chi connectivity index (χ1n) is 16.0. The number of carbonyl (C=O) groups is 2. The lowest BCUT2D eigenvalue weighted by Gasteiger charge is -2.39. The molecule has 3 aromatic heterocycles. The fraction of sp³-hybridized carbons (Fsp3) is 0.545. The maximum absolute atomic E-state index is 14.0. The highest BCUT2D eigenvalue weighted by molar-refractivity contribution is 7.24. The molecule has 3 aliphatic heterocycles. The second kappa shape index (κ2) is 11.2. The molecule has 0 aliphatic carbocycles. The van der Waals surface area contributed by atoms with Crippen molar-refractivity contribution in [1.82, 2.24) is 29.5 Å². The van der Waals surface area contributed by atoms with Crippen LogP contribution in [0.3, 0.4) is 0 Å². The lowest BCUT2D eigenvalue weighted by Crippen LogP contribution is -2.44. The van der Waals surface area contributed by atoms with E-state index in [1.165, 1.54) is 11.3 Å². The number of nitrogens with one attached hydrogen (secondary N) is 1. The van der Waals surface area contributed by atoms with Crippen molar-refractivity contribution in [2.75, 3.05) is 51.2 Å². The van der Waals surface area contributed by atoms with Gasteiger partial charge in [0.1, 0.15) is 16.0 Å². The molecule has 0 unspecified atom stereocenters. The van der Waals surface area contributed by atoms with Crippen LogP contribution in [0, 0.1) is 5.41 Å². The van der Waals surface area contributed by atoms with Gasteiger partial charge in [0.2, 0.25) is 11.4 Å². The number of para-hydroxylation sites is 1. The van der Waals surface area contributed by atoms with Gasteiger partial charge < -0.3 is 24.8 Å². The zero-order valence-electron chi connectivity index (χ0n) is 26.5. The first-order valence-corrected chi connectivity index (χ1v) is 16.8. The number of anilines is 1. The average molecular weight is 632 g/mol. The van der Waals surface area contributed by atoms with Crippen molar-refractivity contribution in [3.05, 3.63) is 46.2 Å². The maximum atomic E-state index is 14.0. The third-order valence-corrected chi connectivity index (χ3v) is 10.8. The van der Waals surface area contributed by atoms with Gasteiger partial charge in [-0.05, 0) is 90.6 Å². The Labute approximate surface area is 266 Å². The monoisotopic (exact) mass is 631 g/mol. The molecular weight excluding hydrogens is 590 g/mol.